The summed E-state index contributed by atoms with van der Waals surface area (Å²) in [4.78, 5) is 0. The Morgan fingerprint density at radius 1 is 1.47 bits per heavy atom. The number of hydrogen-bond acceptors (Lipinski definition) is 4. The molecular formula is C12H13NO3S-2. The first kappa shape index (κ1) is 13.9. The van der Waals surface area contributed by atoms with Crippen molar-refractivity contribution in [1.29, 1.82) is 0 Å². The van der Waals surface area contributed by atoms with E-state index in [1.165, 1.54) is 24.0 Å². The predicted molar refractivity (Wildman–Crippen MR) is 64.0 cm³/mol. The van der Waals surface area contributed by atoms with Crippen LogP contribution in [0.1, 0.15) is 23.6 Å². The van der Waals surface area contributed by atoms with Gasteiger partial charge in [0.15, 0.2) is 0 Å². The lowest BCUT2D eigenvalue weighted by Crippen LogP contribution is -2.19. The van der Waals surface area contributed by atoms with Gasteiger partial charge in [-0.1, -0.05) is 30.2 Å². The standard InChI is InChI=1S/C12H13N.H2O3S/c1-2-9-13-12-8-7-10-5-3-4-6-11(10)12;1-4(2)3/h1,3-6,12-13H,7-9H2;(H2,1,2,3)/p-2/t12-;/m0./s1. The maximum absolute atomic E-state index is 8.44. The van der Waals surface area contributed by atoms with Crippen LogP contribution < -0.4 is 5.32 Å². The summed E-state index contributed by atoms with van der Waals surface area (Å²) >= 11 is -3.11. The summed E-state index contributed by atoms with van der Waals surface area (Å²) in [5.74, 6) is 2.61. The van der Waals surface area contributed by atoms with E-state index < -0.39 is 11.4 Å². The molecule has 0 saturated heterocycles. The molecule has 1 N–H and O–H groups in total. The number of fused-ring (bicyclic) bond motifs is 1. The Labute approximate surface area is 104 Å². The van der Waals surface area contributed by atoms with Crippen molar-refractivity contribution in [2.24, 2.45) is 0 Å². The Morgan fingerprint density at radius 3 is 2.76 bits per heavy atom. The molecule has 1 aliphatic carbocycles. The van der Waals surface area contributed by atoms with Crippen molar-refractivity contribution in [3.63, 3.8) is 0 Å². The molecule has 5 heteroatoms. The lowest BCUT2D eigenvalue weighted by molar-refractivity contribution is 0.419. The summed E-state index contributed by atoms with van der Waals surface area (Å²) in [6.07, 6.45) is 7.57. The molecule has 0 heterocycles. The van der Waals surface area contributed by atoms with Crippen LogP contribution in [0.2, 0.25) is 0 Å². The normalized spacial score (nSPS) is 16.9. The van der Waals surface area contributed by atoms with Gasteiger partial charge < -0.3 is 9.11 Å². The van der Waals surface area contributed by atoms with Crippen LogP contribution in [0, 0.1) is 12.3 Å². The summed E-state index contributed by atoms with van der Waals surface area (Å²) in [6, 6.07) is 9.06. The molecule has 0 unspecified atom stereocenters. The van der Waals surface area contributed by atoms with Gasteiger partial charge in [-0.15, -0.1) is 17.8 Å². The molecule has 0 bridgehead atoms. The fourth-order valence-corrected chi connectivity index (χ4v) is 1.95. The highest BCUT2D eigenvalue weighted by Gasteiger charge is 2.20. The van der Waals surface area contributed by atoms with E-state index in [0.29, 0.717) is 12.6 Å². The largest absolute Gasteiger partial charge is 0.784 e. The Hall–Kier alpha value is -1.19. The zero-order chi connectivity index (χ0) is 12.7. The molecule has 17 heavy (non-hydrogen) atoms. The molecule has 0 radical (unpaired) electrons. The average Bonchev–Trinajstić information content (AvgIpc) is 2.69. The Kier molecular flexibility index (Phi) is 5.87. The SMILES string of the molecule is C#CCN[C@H]1CCc2ccccc21.O=S([O-])[O-]. The molecule has 0 saturated carbocycles. The maximum atomic E-state index is 8.44. The zero-order valence-electron chi connectivity index (χ0n) is 9.22. The third-order valence-corrected chi connectivity index (χ3v) is 2.58. The zero-order valence-corrected chi connectivity index (χ0v) is 10.0. The molecule has 0 fully saturated rings. The second-order valence-corrected chi connectivity index (χ2v) is 3.99. The minimum Gasteiger partial charge on any atom is -0.784 e. The van der Waals surface area contributed by atoms with Crippen molar-refractivity contribution < 1.29 is 13.3 Å². The molecule has 0 aromatic heterocycles. The van der Waals surface area contributed by atoms with Crippen LogP contribution in [-0.4, -0.2) is 19.9 Å². The quantitative estimate of drug-likeness (QED) is 0.625. The van der Waals surface area contributed by atoms with E-state index in [1.807, 2.05) is 0 Å². The molecule has 0 aliphatic heterocycles. The summed E-state index contributed by atoms with van der Waals surface area (Å²) in [5.41, 5.74) is 2.90. The van der Waals surface area contributed by atoms with Crippen LogP contribution in [0.15, 0.2) is 24.3 Å². The highest BCUT2D eigenvalue weighted by molar-refractivity contribution is 7.72. The first-order valence-electron chi connectivity index (χ1n) is 5.16. The molecule has 4 nitrogen and oxygen atoms in total. The number of nitrogens with one attached hydrogen (secondary N) is 1. The van der Waals surface area contributed by atoms with Crippen molar-refractivity contribution in [2.45, 2.75) is 18.9 Å². The van der Waals surface area contributed by atoms with Gasteiger partial charge in [-0.3, -0.25) is 9.53 Å². The number of rotatable bonds is 2. The number of aryl methyl sites for hydroxylation is 1. The van der Waals surface area contributed by atoms with Gasteiger partial charge in [-0.2, -0.15) is 0 Å². The molecule has 2 rings (SSSR count). The van der Waals surface area contributed by atoms with E-state index in [-0.39, 0.29) is 0 Å². The summed E-state index contributed by atoms with van der Waals surface area (Å²) in [6.45, 7) is 0.666. The van der Waals surface area contributed by atoms with E-state index in [4.69, 9.17) is 19.7 Å². The number of benzene rings is 1. The topological polar surface area (TPSA) is 75.2 Å². The monoisotopic (exact) mass is 251 g/mol. The molecular weight excluding hydrogens is 238 g/mol. The van der Waals surface area contributed by atoms with Crippen molar-refractivity contribution in [2.75, 3.05) is 6.54 Å². The summed E-state index contributed by atoms with van der Waals surface area (Å²) in [7, 11) is 0. The smallest absolute Gasteiger partial charge is 0.0578 e. The van der Waals surface area contributed by atoms with Crippen molar-refractivity contribution in [1.82, 2.24) is 5.32 Å². The number of hydrogen-bond donors (Lipinski definition) is 1. The molecule has 1 aromatic carbocycles. The maximum Gasteiger partial charge on any atom is 0.0578 e. The first-order valence-corrected chi connectivity index (χ1v) is 6.16. The minimum absolute atomic E-state index is 0.479. The first-order chi connectivity index (χ1) is 8.15. The molecule has 0 amide bonds. The fraction of sp³-hybridized carbons (Fsp3) is 0.333. The minimum atomic E-state index is -3.11. The van der Waals surface area contributed by atoms with Gasteiger partial charge in [0.05, 0.1) is 6.54 Å². The van der Waals surface area contributed by atoms with Gasteiger partial charge in [0, 0.05) is 6.04 Å². The van der Waals surface area contributed by atoms with Crippen LogP contribution in [-0.2, 0) is 17.8 Å². The Balaban J connectivity index is 0.000000317. The summed E-state index contributed by atoms with van der Waals surface area (Å²) in [5, 5.41) is 3.35. The van der Waals surface area contributed by atoms with Gasteiger partial charge in [-0.25, -0.2) is 0 Å². The highest BCUT2D eigenvalue weighted by Crippen LogP contribution is 2.30. The predicted octanol–water partition coefficient (Wildman–Crippen LogP) is 0.893. The lowest BCUT2D eigenvalue weighted by Gasteiger charge is -2.10. The second kappa shape index (κ2) is 7.20. The highest BCUT2D eigenvalue weighted by atomic mass is 32.2. The molecule has 0 spiro atoms. The van der Waals surface area contributed by atoms with Gasteiger partial charge in [-0.05, 0) is 24.0 Å². The van der Waals surface area contributed by atoms with Gasteiger partial charge in [0.1, 0.15) is 0 Å². The van der Waals surface area contributed by atoms with Crippen molar-refractivity contribution >= 4 is 11.4 Å². The number of terminal acetylenes is 1. The average molecular weight is 251 g/mol. The van der Waals surface area contributed by atoms with E-state index in [2.05, 4.69) is 35.5 Å². The lowest BCUT2D eigenvalue weighted by atomic mass is 10.1. The molecule has 1 atom stereocenters. The van der Waals surface area contributed by atoms with Crippen LogP contribution in [0.3, 0.4) is 0 Å². The van der Waals surface area contributed by atoms with E-state index in [9.17, 15) is 0 Å². The third-order valence-electron chi connectivity index (χ3n) is 2.58. The van der Waals surface area contributed by atoms with Crippen molar-refractivity contribution in [3.05, 3.63) is 35.4 Å². The van der Waals surface area contributed by atoms with E-state index >= 15 is 0 Å². The van der Waals surface area contributed by atoms with Crippen molar-refractivity contribution in [3.8, 4) is 12.3 Å². The molecule has 92 valence electrons. The van der Waals surface area contributed by atoms with Gasteiger partial charge in [0.2, 0.25) is 0 Å². The summed E-state index contributed by atoms with van der Waals surface area (Å²) < 4.78 is 25.3. The van der Waals surface area contributed by atoms with E-state index in [0.717, 1.165) is 0 Å². The second-order valence-electron chi connectivity index (χ2n) is 3.58. The van der Waals surface area contributed by atoms with Crippen LogP contribution in [0.4, 0.5) is 0 Å². The molecule has 1 aliphatic rings. The van der Waals surface area contributed by atoms with Gasteiger partial charge >= 0.3 is 0 Å². The molecule has 1 aromatic rings. The fourth-order valence-electron chi connectivity index (χ4n) is 1.95. The Bertz CT molecular complexity index is 424. The van der Waals surface area contributed by atoms with Crippen LogP contribution in [0.5, 0.6) is 0 Å². The third kappa shape index (κ3) is 4.67. The van der Waals surface area contributed by atoms with E-state index in [1.54, 1.807) is 0 Å². The van der Waals surface area contributed by atoms with Gasteiger partial charge in [0.25, 0.3) is 0 Å². The van der Waals surface area contributed by atoms with Crippen LogP contribution in [0.25, 0.3) is 0 Å². The Morgan fingerprint density at radius 2 is 2.12 bits per heavy atom. The van der Waals surface area contributed by atoms with Crippen LogP contribution >= 0.6 is 0 Å².